The quantitative estimate of drug-likeness (QED) is 0.452. The Balaban J connectivity index is 1.72. The van der Waals surface area contributed by atoms with Gasteiger partial charge in [0.15, 0.2) is 17.2 Å². The van der Waals surface area contributed by atoms with Crippen molar-refractivity contribution in [3.8, 4) is 5.75 Å². The monoisotopic (exact) mass is 542 g/mol. The summed E-state index contributed by atoms with van der Waals surface area (Å²) in [6, 6.07) is 7.30. The molecule has 38 heavy (non-hydrogen) atoms. The summed E-state index contributed by atoms with van der Waals surface area (Å²) in [5.41, 5.74) is 2.42. The molecule has 2 fully saturated rings. The maximum absolute atomic E-state index is 15.0. The van der Waals surface area contributed by atoms with Crippen molar-refractivity contribution >= 4 is 17.5 Å². The average molecular weight is 543 g/mol. The first-order valence-corrected chi connectivity index (χ1v) is 12.0. The van der Waals surface area contributed by atoms with Crippen LogP contribution in [0.4, 0.5) is 27.6 Å². The van der Waals surface area contributed by atoms with E-state index in [1.807, 2.05) is 0 Å². The predicted molar refractivity (Wildman–Crippen MR) is 125 cm³/mol. The number of hydrogen-bond donors (Lipinski definition) is 3. The van der Waals surface area contributed by atoms with Gasteiger partial charge in [0, 0.05) is 28.7 Å². The highest BCUT2D eigenvalue weighted by molar-refractivity contribution is 5.98. The second-order valence-corrected chi connectivity index (χ2v) is 9.97. The van der Waals surface area contributed by atoms with Crippen LogP contribution < -0.4 is 15.8 Å². The molecule has 0 unspecified atom stereocenters. The van der Waals surface area contributed by atoms with Gasteiger partial charge in [-0.1, -0.05) is 19.1 Å². The lowest BCUT2D eigenvalue weighted by molar-refractivity contribution is -0.272. The largest absolute Gasteiger partial charge is 0.490 e. The fourth-order valence-corrected chi connectivity index (χ4v) is 4.98. The van der Waals surface area contributed by atoms with E-state index < -0.39 is 65.0 Å². The van der Waals surface area contributed by atoms with Gasteiger partial charge in [-0.15, -0.1) is 0 Å². The number of benzene rings is 2. The number of aliphatic hydroxyl groups excluding tert-OH is 1. The molecule has 0 bridgehead atoms. The Bertz CT molecular complexity index is 1230. The number of amides is 2. The summed E-state index contributed by atoms with van der Waals surface area (Å²) in [5.74, 6) is -8.01. The summed E-state index contributed by atoms with van der Waals surface area (Å²) < 4.78 is 82.6. The van der Waals surface area contributed by atoms with Crippen LogP contribution in [0.25, 0.3) is 0 Å². The molecule has 4 rings (SSSR count). The van der Waals surface area contributed by atoms with Gasteiger partial charge in [-0.3, -0.25) is 9.59 Å². The van der Waals surface area contributed by atoms with Crippen LogP contribution in [0.5, 0.6) is 5.75 Å². The van der Waals surface area contributed by atoms with E-state index in [1.54, 1.807) is 0 Å². The van der Waals surface area contributed by atoms with Crippen molar-refractivity contribution in [3.05, 3.63) is 59.2 Å². The van der Waals surface area contributed by atoms with Crippen molar-refractivity contribution in [3.63, 3.8) is 0 Å². The Labute approximate surface area is 215 Å². The Morgan fingerprint density at radius 1 is 1.21 bits per heavy atom. The van der Waals surface area contributed by atoms with Crippen LogP contribution in [-0.2, 0) is 9.53 Å². The molecule has 0 spiro atoms. The minimum atomic E-state index is -4.91. The van der Waals surface area contributed by atoms with Gasteiger partial charge in [0.05, 0.1) is 12.7 Å². The van der Waals surface area contributed by atoms with Crippen LogP contribution >= 0.6 is 0 Å². The zero-order valence-electron chi connectivity index (χ0n) is 20.5. The fraction of sp³-hybridized carbons (Fsp3) is 0.462. The molecule has 1 saturated heterocycles. The zero-order chi connectivity index (χ0) is 28.0. The Morgan fingerprint density at radius 2 is 1.89 bits per heavy atom. The van der Waals surface area contributed by atoms with Crippen LogP contribution in [0.3, 0.4) is 0 Å². The molecule has 1 aliphatic heterocycles. The number of hydrogen-bond acceptors (Lipinski definition) is 5. The maximum atomic E-state index is 15.0. The van der Waals surface area contributed by atoms with E-state index in [0.717, 1.165) is 19.1 Å². The van der Waals surface area contributed by atoms with Gasteiger partial charge in [-0.25, -0.2) is 4.39 Å². The van der Waals surface area contributed by atoms with Crippen molar-refractivity contribution in [2.45, 2.75) is 56.6 Å². The van der Waals surface area contributed by atoms with Crippen LogP contribution in [0.2, 0.25) is 0 Å². The van der Waals surface area contributed by atoms with E-state index in [0.29, 0.717) is 12.8 Å². The normalized spacial score (nSPS) is 29.0. The number of ether oxygens (including phenoxy) is 2. The van der Waals surface area contributed by atoms with E-state index in [9.17, 15) is 36.6 Å². The van der Waals surface area contributed by atoms with Gasteiger partial charge in [-0.2, -0.15) is 17.6 Å². The second kappa shape index (κ2) is 10.1. The van der Waals surface area contributed by atoms with Crippen LogP contribution in [0.15, 0.2) is 36.4 Å². The molecule has 1 aliphatic carbocycles. The summed E-state index contributed by atoms with van der Waals surface area (Å²) >= 11 is 0. The van der Waals surface area contributed by atoms with E-state index in [1.165, 1.54) is 31.2 Å². The third-order valence-electron chi connectivity index (χ3n) is 7.46. The van der Waals surface area contributed by atoms with Gasteiger partial charge in [0.2, 0.25) is 11.7 Å². The molecule has 1 saturated carbocycles. The molecule has 2 aromatic rings. The van der Waals surface area contributed by atoms with Crippen molar-refractivity contribution in [2.75, 3.05) is 11.9 Å². The molecule has 12 heteroatoms. The summed E-state index contributed by atoms with van der Waals surface area (Å²) in [4.78, 5) is 24.8. The molecule has 0 aromatic heterocycles. The van der Waals surface area contributed by atoms with Crippen LogP contribution in [0, 0.1) is 23.5 Å². The van der Waals surface area contributed by atoms with Gasteiger partial charge in [0.1, 0.15) is 6.10 Å². The van der Waals surface area contributed by atoms with Crippen molar-refractivity contribution in [1.82, 2.24) is 0 Å². The van der Waals surface area contributed by atoms with Gasteiger partial charge in [0.25, 0.3) is 5.91 Å². The predicted octanol–water partition coefficient (Wildman–Crippen LogP) is 4.29. The number of carbonyl (C=O) groups is 2. The lowest BCUT2D eigenvalue weighted by Crippen LogP contribution is -2.47. The molecule has 2 amide bonds. The van der Waals surface area contributed by atoms with E-state index in [-0.39, 0.29) is 29.3 Å². The minimum absolute atomic E-state index is 0.0533. The van der Waals surface area contributed by atoms with Crippen molar-refractivity contribution < 1.29 is 46.1 Å². The second-order valence-electron chi connectivity index (χ2n) is 9.97. The number of anilines is 1. The number of nitrogens with two attached hydrogens (primary N) is 1. The molecular weight excluding hydrogens is 515 g/mol. The van der Waals surface area contributed by atoms with Crippen LogP contribution in [0.1, 0.15) is 48.5 Å². The topological polar surface area (TPSA) is 111 Å². The molecular formula is C26H27F5N2O5. The molecule has 4 atom stereocenters. The summed E-state index contributed by atoms with van der Waals surface area (Å²) in [5, 5.41) is 11.9. The maximum Gasteiger partial charge on any atom is 0.417 e. The summed E-state index contributed by atoms with van der Waals surface area (Å²) in [6.45, 7) is 1.91. The average Bonchev–Trinajstić information content (AvgIpc) is 3.10. The van der Waals surface area contributed by atoms with Gasteiger partial charge >= 0.3 is 6.18 Å². The molecule has 7 nitrogen and oxygen atoms in total. The number of carbonyl (C=O) groups excluding carboxylic acids is 2. The van der Waals surface area contributed by atoms with E-state index in [4.69, 9.17) is 15.2 Å². The smallest absolute Gasteiger partial charge is 0.417 e. The Hall–Kier alpha value is -3.25. The first-order valence-electron chi connectivity index (χ1n) is 12.0. The first kappa shape index (κ1) is 27.8. The third kappa shape index (κ3) is 5.06. The summed E-state index contributed by atoms with van der Waals surface area (Å²) in [7, 11) is 0. The highest BCUT2D eigenvalue weighted by atomic mass is 19.4. The number of rotatable bonds is 7. The standard InChI is InChI=1S/C26H27F5N2O5/c1-12-19(17-6-7-18(27)20(28)21(17)37-11-13-8-16(34)9-13)22(38-25(12,2)26(29,30)31)24(36)33-15-5-3-4-14(10-15)23(32)35/h3-7,10,12-13,16,19,22,34H,8-9,11H2,1-2H3,(H2,32,35)(H,33,36)/t12-,13-,16+,19-,22+,25+/m0/s1. The van der Waals surface area contributed by atoms with E-state index in [2.05, 4.69) is 5.32 Å². The van der Waals surface area contributed by atoms with Gasteiger partial charge < -0.3 is 25.6 Å². The number of nitrogens with one attached hydrogen (secondary N) is 1. The zero-order valence-corrected chi connectivity index (χ0v) is 20.5. The van der Waals surface area contributed by atoms with Crippen molar-refractivity contribution in [1.29, 1.82) is 0 Å². The first-order chi connectivity index (χ1) is 17.7. The molecule has 206 valence electrons. The highest BCUT2D eigenvalue weighted by Crippen LogP contribution is 2.55. The summed E-state index contributed by atoms with van der Waals surface area (Å²) in [6.07, 6.45) is -6.45. The SMILES string of the molecule is C[C@H]1[C@@H](c2ccc(F)c(F)c2OC[C@H]2C[C@@H](O)C2)[C@H](C(=O)Nc2cccc(C(N)=O)c2)O[C@@]1(C)C(F)(F)F. The molecule has 1 heterocycles. The lowest BCUT2D eigenvalue weighted by atomic mass is 9.76. The molecule has 2 aromatic carbocycles. The van der Waals surface area contributed by atoms with Crippen LogP contribution in [-0.4, -0.2) is 47.5 Å². The number of aliphatic hydroxyl groups is 1. The van der Waals surface area contributed by atoms with Crippen molar-refractivity contribution in [2.24, 2.45) is 17.6 Å². The molecule has 0 radical (unpaired) electrons. The third-order valence-corrected chi connectivity index (χ3v) is 7.46. The molecule has 2 aliphatic rings. The Morgan fingerprint density at radius 3 is 2.50 bits per heavy atom. The lowest BCUT2D eigenvalue weighted by Gasteiger charge is -2.33. The Kier molecular flexibility index (Phi) is 7.41. The van der Waals surface area contributed by atoms with E-state index >= 15 is 0 Å². The molecule has 4 N–H and O–H groups in total. The van der Waals surface area contributed by atoms with Gasteiger partial charge in [-0.05, 0) is 49.9 Å². The number of halogens is 5. The fourth-order valence-electron chi connectivity index (χ4n) is 4.98. The number of primary amides is 1. The minimum Gasteiger partial charge on any atom is -0.490 e. The number of alkyl halides is 3. The highest BCUT2D eigenvalue weighted by Gasteiger charge is 2.66.